The van der Waals surface area contributed by atoms with Crippen LogP contribution in [0, 0.1) is 12.8 Å². The van der Waals surface area contributed by atoms with E-state index in [1.165, 1.54) is 12.8 Å². The number of fused-ring (bicyclic) bond motifs is 1. The zero-order chi connectivity index (χ0) is 22.2. The van der Waals surface area contributed by atoms with Gasteiger partial charge in [0.05, 0.1) is 6.54 Å². The van der Waals surface area contributed by atoms with Crippen molar-refractivity contribution < 1.29 is 14.1 Å². The van der Waals surface area contributed by atoms with E-state index in [4.69, 9.17) is 4.52 Å². The van der Waals surface area contributed by atoms with Crippen molar-refractivity contribution in [3.63, 3.8) is 0 Å². The largest absolute Gasteiger partial charge is 0.360 e. The molecule has 1 aliphatic carbocycles. The molecule has 32 heavy (non-hydrogen) atoms. The third kappa shape index (κ3) is 3.70. The molecule has 2 aliphatic rings. The van der Waals surface area contributed by atoms with Gasteiger partial charge in [-0.15, -0.1) is 0 Å². The summed E-state index contributed by atoms with van der Waals surface area (Å²) in [5.74, 6) is 0.825. The molecule has 3 aromatic rings. The lowest BCUT2D eigenvalue weighted by Gasteiger charge is -2.28. The van der Waals surface area contributed by atoms with Crippen LogP contribution in [0.5, 0.6) is 0 Å². The highest BCUT2D eigenvalue weighted by molar-refractivity contribution is 6.01. The first kappa shape index (κ1) is 20.5. The molecule has 1 saturated carbocycles. The van der Waals surface area contributed by atoms with E-state index >= 15 is 0 Å². The molecule has 1 aromatic carbocycles. The van der Waals surface area contributed by atoms with E-state index in [0.717, 1.165) is 23.4 Å². The van der Waals surface area contributed by atoms with Crippen molar-refractivity contribution in [1.29, 1.82) is 0 Å². The summed E-state index contributed by atoms with van der Waals surface area (Å²) in [6.45, 7) is 5.95. The maximum atomic E-state index is 13.6. The van der Waals surface area contributed by atoms with Gasteiger partial charge in [-0.3, -0.25) is 14.3 Å². The van der Waals surface area contributed by atoms with Crippen molar-refractivity contribution in [2.45, 2.75) is 46.2 Å². The molecule has 3 heterocycles. The van der Waals surface area contributed by atoms with Gasteiger partial charge in [0.1, 0.15) is 17.0 Å². The Morgan fingerprint density at radius 2 is 2.00 bits per heavy atom. The Hall–Kier alpha value is -3.42. The number of benzene rings is 1. The number of rotatable bonds is 6. The minimum Gasteiger partial charge on any atom is -0.360 e. The van der Waals surface area contributed by atoms with Crippen molar-refractivity contribution in [3.05, 3.63) is 58.6 Å². The number of hydrogen-bond acceptors (Lipinski definition) is 5. The number of nitrogens with one attached hydrogen (secondary N) is 1. The van der Waals surface area contributed by atoms with Crippen molar-refractivity contribution in [1.82, 2.24) is 25.2 Å². The van der Waals surface area contributed by atoms with Gasteiger partial charge in [-0.2, -0.15) is 5.10 Å². The van der Waals surface area contributed by atoms with E-state index in [2.05, 4.69) is 15.6 Å². The van der Waals surface area contributed by atoms with Gasteiger partial charge < -0.3 is 14.7 Å². The molecule has 1 fully saturated rings. The fourth-order valence-corrected chi connectivity index (χ4v) is 4.36. The average molecular weight is 434 g/mol. The molecule has 2 amide bonds. The lowest BCUT2D eigenvalue weighted by atomic mass is 10.0. The number of carbonyl (C=O) groups is 2. The molecule has 5 rings (SSSR count). The standard InChI is InChI=1S/C24H27N5O3/c1-3-25-23(30)22-18-14-28(12-11-19(18)29(26-22)13-16-9-10-16)24(31)20-15(2)32-27-21(20)17-7-5-4-6-8-17/h4-8,16H,3,9-14H2,1-2H3,(H,25,30). The monoisotopic (exact) mass is 433 g/mol. The summed E-state index contributed by atoms with van der Waals surface area (Å²) in [4.78, 5) is 28.1. The maximum absolute atomic E-state index is 13.6. The summed E-state index contributed by atoms with van der Waals surface area (Å²) in [5, 5.41) is 11.7. The Morgan fingerprint density at radius 1 is 1.22 bits per heavy atom. The first-order chi connectivity index (χ1) is 15.6. The van der Waals surface area contributed by atoms with Gasteiger partial charge in [0, 0.05) is 42.9 Å². The van der Waals surface area contributed by atoms with Crippen LogP contribution in [0.4, 0.5) is 0 Å². The van der Waals surface area contributed by atoms with Crippen LogP contribution in [-0.2, 0) is 19.5 Å². The maximum Gasteiger partial charge on any atom is 0.272 e. The van der Waals surface area contributed by atoms with Gasteiger partial charge in [-0.1, -0.05) is 35.5 Å². The quantitative estimate of drug-likeness (QED) is 0.644. The van der Waals surface area contributed by atoms with E-state index in [1.54, 1.807) is 11.8 Å². The minimum atomic E-state index is -0.182. The fraction of sp³-hybridized carbons (Fsp3) is 0.417. The van der Waals surface area contributed by atoms with Crippen LogP contribution in [0.3, 0.4) is 0 Å². The first-order valence-corrected chi connectivity index (χ1v) is 11.2. The first-order valence-electron chi connectivity index (χ1n) is 11.2. The number of carbonyl (C=O) groups excluding carboxylic acids is 2. The Kier molecular flexibility index (Phi) is 5.28. The third-order valence-corrected chi connectivity index (χ3v) is 6.23. The summed E-state index contributed by atoms with van der Waals surface area (Å²) in [7, 11) is 0. The lowest BCUT2D eigenvalue weighted by molar-refractivity contribution is 0.0729. The molecule has 0 unspecified atom stereocenters. The summed E-state index contributed by atoms with van der Waals surface area (Å²) < 4.78 is 7.40. The molecular formula is C24H27N5O3. The summed E-state index contributed by atoms with van der Waals surface area (Å²) >= 11 is 0. The Bertz CT molecular complexity index is 1160. The molecule has 1 N–H and O–H groups in total. The summed E-state index contributed by atoms with van der Waals surface area (Å²) in [6.07, 6.45) is 3.10. The number of aromatic nitrogens is 3. The summed E-state index contributed by atoms with van der Waals surface area (Å²) in [6, 6.07) is 9.57. The van der Waals surface area contributed by atoms with Crippen LogP contribution < -0.4 is 5.32 Å². The van der Waals surface area contributed by atoms with Crippen LogP contribution in [-0.4, -0.2) is 44.7 Å². The molecule has 2 aromatic heterocycles. The number of nitrogens with zero attached hydrogens (tertiary/aromatic N) is 4. The third-order valence-electron chi connectivity index (χ3n) is 6.23. The van der Waals surface area contributed by atoms with Gasteiger partial charge in [0.2, 0.25) is 0 Å². The second kappa shape index (κ2) is 8.26. The molecule has 166 valence electrons. The van der Waals surface area contributed by atoms with Gasteiger partial charge in [-0.05, 0) is 32.6 Å². The van der Waals surface area contributed by atoms with Crippen LogP contribution in [0.25, 0.3) is 11.3 Å². The van der Waals surface area contributed by atoms with Crippen LogP contribution in [0.15, 0.2) is 34.9 Å². The molecular weight excluding hydrogens is 406 g/mol. The topological polar surface area (TPSA) is 93.3 Å². The number of amides is 2. The normalized spacial score (nSPS) is 15.5. The molecule has 0 radical (unpaired) electrons. The van der Waals surface area contributed by atoms with Crippen molar-refractivity contribution in [3.8, 4) is 11.3 Å². The minimum absolute atomic E-state index is 0.134. The second-order valence-electron chi connectivity index (χ2n) is 8.56. The smallest absolute Gasteiger partial charge is 0.272 e. The van der Waals surface area contributed by atoms with Gasteiger partial charge in [0.25, 0.3) is 11.8 Å². The highest BCUT2D eigenvalue weighted by atomic mass is 16.5. The van der Waals surface area contributed by atoms with Crippen molar-refractivity contribution >= 4 is 11.8 Å². The molecule has 1 aliphatic heterocycles. The van der Waals surface area contributed by atoms with Crippen molar-refractivity contribution in [2.24, 2.45) is 5.92 Å². The zero-order valence-electron chi connectivity index (χ0n) is 18.4. The van der Waals surface area contributed by atoms with E-state index in [1.807, 2.05) is 41.9 Å². The Labute approximate surface area is 186 Å². The van der Waals surface area contributed by atoms with E-state index in [-0.39, 0.29) is 11.8 Å². The second-order valence-corrected chi connectivity index (χ2v) is 8.56. The molecule has 0 spiro atoms. The Morgan fingerprint density at radius 3 is 2.72 bits per heavy atom. The van der Waals surface area contributed by atoms with E-state index < -0.39 is 0 Å². The number of aryl methyl sites for hydroxylation is 1. The predicted octanol–water partition coefficient (Wildman–Crippen LogP) is 3.20. The zero-order valence-corrected chi connectivity index (χ0v) is 18.4. The molecule has 0 bridgehead atoms. The number of hydrogen-bond donors (Lipinski definition) is 1. The molecule has 0 atom stereocenters. The lowest BCUT2D eigenvalue weighted by Crippen LogP contribution is -2.37. The van der Waals surface area contributed by atoms with Crippen LogP contribution in [0.1, 0.15) is 57.6 Å². The molecule has 0 saturated heterocycles. The van der Waals surface area contributed by atoms with Crippen LogP contribution >= 0.6 is 0 Å². The highest BCUT2D eigenvalue weighted by Crippen LogP contribution is 2.33. The Balaban J connectivity index is 1.47. The SMILES string of the molecule is CCNC(=O)c1nn(CC2CC2)c2c1CN(C(=O)c1c(-c3ccccc3)noc1C)CC2. The van der Waals surface area contributed by atoms with Gasteiger partial charge in [-0.25, -0.2) is 0 Å². The summed E-state index contributed by atoms with van der Waals surface area (Å²) in [5.41, 5.74) is 4.23. The molecule has 8 heteroatoms. The highest BCUT2D eigenvalue weighted by Gasteiger charge is 2.34. The fourth-order valence-electron chi connectivity index (χ4n) is 4.36. The van der Waals surface area contributed by atoms with E-state index in [0.29, 0.717) is 54.7 Å². The molecule has 8 nitrogen and oxygen atoms in total. The van der Waals surface area contributed by atoms with Crippen LogP contribution in [0.2, 0.25) is 0 Å². The van der Waals surface area contributed by atoms with Gasteiger partial charge >= 0.3 is 0 Å². The van der Waals surface area contributed by atoms with E-state index in [9.17, 15) is 9.59 Å². The average Bonchev–Trinajstić information content (AvgIpc) is 3.44. The van der Waals surface area contributed by atoms with Gasteiger partial charge in [0.15, 0.2) is 5.69 Å². The van der Waals surface area contributed by atoms with Crippen molar-refractivity contribution in [2.75, 3.05) is 13.1 Å². The predicted molar refractivity (Wildman–Crippen MR) is 118 cm³/mol.